The fourth-order valence-electron chi connectivity index (χ4n) is 4.50. The summed E-state index contributed by atoms with van der Waals surface area (Å²) in [5.41, 5.74) is 4.46. The number of nitrogens with one attached hydrogen (secondary N) is 1. The molecule has 11 heteroatoms. The molecule has 0 fully saturated rings. The number of benzene rings is 1. The van der Waals surface area contributed by atoms with E-state index in [-0.39, 0.29) is 22.1 Å². The van der Waals surface area contributed by atoms with Crippen LogP contribution in [0.5, 0.6) is 5.75 Å². The van der Waals surface area contributed by atoms with E-state index in [4.69, 9.17) is 20.8 Å². The van der Waals surface area contributed by atoms with Crippen LogP contribution >= 0.6 is 11.6 Å². The first kappa shape index (κ1) is 24.5. The van der Waals surface area contributed by atoms with Gasteiger partial charge in [-0.3, -0.25) is 24.3 Å². The van der Waals surface area contributed by atoms with Crippen molar-refractivity contribution in [2.45, 2.75) is 26.9 Å². The molecule has 1 atom stereocenters. The molecule has 0 saturated heterocycles. The van der Waals surface area contributed by atoms with E-state index < -0.39 is 11.9 Å². The first-order valence-electron chi connectivity index (χ1n) is 12.0. The molecule has 0 radical (unpaired) electrons. The van der Waals surface area contributed by atoms with E-state index in [1.54, 1.807) is 37.5 Å². The zero-order valence-corrected chi connectivity index (χ0v) is 21.7. The molecule has 0 aliphatic rings. The Hall–Kier alpha value is -4.83. The maximum atomic E-state index is 13.5. The smallest absolute Gasteiger partial charge is 0.439 e. The van der Waals surface area contributed by atoms with Gasteiger partial charge in [0, 0.05) is 29.1 Å². The maximum absolute atomic E-state index is 13.5. The number of hydrogen-bond donors (Lipinski definition) is 1. The third kappa shape index (κ3) is 4.44. The Morgan fingerprint density at radius 2 is 1.90 bits per heavy atom. The van der Waals surface area contributed by atoms with E-state index in [1.165, 1.54) is 0 Å². The second kappa shape index (κ2) is 9.48. The largest absolute Gasteiger partial charge is 0.483 e. The summed E-state index contributed by atoms with van der Waals surface area (Å²) in [6, 6.07) is 12.4. The predicted octanol–water partition coefficient (Wildman–Crippen LogP) is 5.55. The normalized spacial score (nSPS) is 12.2. The Labute approximate surface area is 225 Å². The van der Waals surface area contributed by atoms with Crippen molar-refractivity contribution in [2.75, 3.05) is 0 Å². The Morgan fingerprint density at radius 3 is 2.69 bits per heavy atom. The Balaban J connectivity index is 1.49. The summed E-state index contributed by atoms with van der Waals surface area (Å²) in [4.78, 5) is 40.6. The number of H-pyrrole nitrogens is 1. The summed E-state index contributed by atoms with van der Waals surface area (Å²) in [5, 5.41) is 4.32. The van der Waals surface area contributed by atoms with Crippen LogP contribution in [-0.2, 0) is 0 Å². The number of hydrogen-bond acceptors (Lipinski definition) is 9. The van der Waals surface area contributed by atoms with Crippen LogP contribution in [0.25, 0.3) is 44.8 Å². The van der Waals surface area contributed by atoms with E-state index in [9.17, 15) is 9.59 Å². The molecule has 0 aliphatic carbocycles. The summed E-state index contributed by atoms with van der Waals surface area (Å²) in [7, 11) is 0. The lowest BCUT2D eigenvalue weighted by molar-refractivity contribution is 0.227. The van der Waals surface area contributed by atoms with Gasteiger partial charge in [0.25, 0.3) is 0 Å². The summed E-state index contributed by atoms with van der Waals surface area (Å²) < 4.78 is 17.3. The van der Waals surface area contributed by atoms with Gasteiger partial charge in [-0.2, -0.15) is 0 Å². The van der Waals surface area contributed by atoms with Crippen molar-refractivity contribution < 1.29 is 13.7 Å². The van der Waals surface area contributed by atoms with Crippen LogP contribution in [0.1, 0.15) is 29.7 Å². The number of aryl methyl sites for hydroxylation is 1. The monoisotopic (exact) mass is 541 g/mol. The molecule has 0 aliphatic heterocycles. The van der Waals surface area contributed by atoms with Gasteiger partial charge in [-0.05, 0) is 68.8 Å². The molecule has 6 rings (SSSR count). The second-order valence-corrected chi connectivity index (χ2v) is 9.45. The van der Waals surface area contributed by atoms with E-state index in [0.29, 0.717) is 44.7 Å². The zero-order chi connectivity index (χ0) is 27.3. The van der Waals surface area contributed by atoms with E-state index in [0.717, 1.165) is 11.1 Å². The van der Waals surface area contributed by atoms with Crippen molar-refractivity contribution in [3.8, 4) is 28.6 Å². The molecule has 0 saturated carbocycles. The lowest BCUT2D eigenvalue weighted by Gasteiger charge is -2.19. The molecular weight excluding hydrogens is 522 g/mol. The topological polar surface area (TPSA) is 137 Å². The molecule has 10 nitrogen and oxygen atoms in total. The molecule has 1 aromatic carbocycles. The number of aromatic nitrogens is 5. The van der Waals surface area contributed by atoms with Crippen LogP contribution in [0.2, 0.25) is 5.15 Å². The average molecular weight is 542 g/mol. The number of pyridine rings is 3. The highest BCUT2D eigenvalue weighted by molar-refractivity contribution is 6.29. The van der Waals surface area contributed by atoms with Crippen LogP contribution in [0.3, 0.4) is 0 Å². The van der Waals surface area contributed by atoms with Crippen molar-refractivity contribution >= 4 is 33.6 Å². The second-order valence-electron chi connectivity index (χ2n) is 9.07. The van der Waals surface area contributed by atoms with Gasteiger partial charge in [-0.1, -0.05) is 16.8 Å². The van der Waals surface area contributed by atoms with Crippen LogP contribution in [0, 0.1) is 13.8 Å². The van der Waals surface area contributed by atoms with Gasteiger partial charge < -0.3 is 9.15 Å². The predicted molar refractivity (Wildman–Crippen MR) is 145 cm³/mol. The number of nitrogens with zero attached hydrogens (tertiary/aromatic N) is 4. The highest BCUT2D eigenvalue weighted by atomic mass is 35.5. The van der Waals surface area contributed by atoms with Gasteiger partial charge in [0.1, 0.15) is 28.3 Å². The van der Waals surface area contributed by atoms with Crippen molar-refractivity contribution in [3.63, 3.8) is 0 Å². The van der Waals surface area contributed by atoms with Gasteiger partial charge >= 0.3 is 5.76 Å². The fraction of sp³-hybridized carbons (Fsp3) is 0.143. The van der Waals surface area contributed by atoms with E-state index in [1.807, 2.05) is 38.1 Å². The lowest BCUT2D eigenvalue weighted by Crippen LogP contribution is -2.12. The lowest BCUT2D eigenvalue weighted by atomic mass is 10.00. The summed E-state index contributed by atoms with van der Waals surface area (Å²) in [6.45, 7) is 5.45. The van der Waals surface area contributed by atoms with Crippen molar-refractivity contribution in [3.05, 3.63) is 97.5 Å². The SMILES string of the molecule is Cc1cc([C@@H](C)Oc2ccc(Cl)nc2-c2noc(=O)[nH]2)c2oc(-c3cnc4cccnc4c3)c(C)c(=O)c2c1. The first-order chi connectivity index (χ1) is 18.8. The van der Waals surface area contributed by atoms with E-state index >= 15 is 0 Å². The zero-order valence-electron chi connectivity index (χ0n) is 21.0. The van der Waals surface area contributed by atoms with Gasteiger partial charge in [0.2, 0.25) is 5.82 Å². The minimum absolute atomic E-state index is 0.0701. The molecule has 1 N–H and O–H groups in total. The van der Waals surface area contributed by atoms with Crippen molar-refractivity contribution in [2.24, 2.45) is 0 Å². The minimum atomic E-state index is -0.737. The van der Waals surface area contributed by atoms with Gasteiger partial charge in [0.05, 0.1) is 16.4 Å². The number of rotatable bonds is 5. The van der Waals surface area contributed by atoms with Crippen LogP contribution < -0.4 is 15.9 Å². The maximum Gasteiger partial charge on any atom is 0.439 e. The highest BCUT2D eigenvalue weighted by Gasteiger charge is 2.22. The number of aromatic amines is 1. The fourth-order valence-corrected chi connectivity index (χ4v) is 4.64. The Bertz CT molecular complexity index is 2010. The average Bonchev–Trinajstić information content (AvgIpc) is 3.37. The Morgan fingerprint density at radius 1 is 1.05 bits per heavy atom. The third-order valence-electron chi connectivity index (χ3n) is 6.34. The molecular formula is C28H20ClN5O5. The Kier molecular flexibility index (Phi) is 5.96. The summed E-state index contributed by atoms with van der Waals surface area (Å²) >= 11 is 6.09. The van der Waals surface area contributed by atoms with E-state index in [2.05, 4.69) is 29.6 Å². The van der Waals surface area contributed by atoms with Gasteiger partial charge in [0.15, 0.2) is 11.1 Å². The molecule has 0 spiro atoms. The van der Waals surface area contributed by atoms with Gasteiger partial charge in [-0.25, -0.2) is 9.78 Å². The van der Waals surface area contributed by atoms with Crippen molar-refractivity contribution in [1.82, 2.24) is 25.1 Å². The number of ether oxygens (including phenoxy) is 1. The molecule has 0 bridgehead atoms. The van der Waals surface area contributed by atoms with Gasteiger partial charge in [-0.15, -0.1) is 0 Å². The van der Waals surface area contributed by atoms with Crippen LogP contribution in [0.4, 0.5) is 0 Å². The minimum Gasteiger partial charge on any atom is -0.483 e. The molecule has 0 unspecified atom stereocenters. The van der Waals surface area contributed by atoms with Crippen molar-refractivity contribution in [1.29, 1.82) is 0 Å². The summed E-state index contributed by atoms with van der Waals surface area (Å²) in [6.07, 6.45) is 2.74. The third-order valence-corrected chi connectivity index (χ3v) is 6.55. The first-order valence-corrected chi connectivity index (χ1v) is 12.3. The quantitative estimate of drug-likeness (QED) is 0.278. The number of fused-ring (bicyclic) bond motifs is 2. The molecule has 0 amide bonds. The molecule has 194 valence electrons. The summed E-state index contributed by atoms with van der Waals surface area (Å²) in [5.74, 6) is 0.0311. The standard InChI is InChI=1S/C28H20ClN5O5/c1-13-9-17(15(3)37-21-6-7-22(29)32-23(21)27-33-28(36)39-34-27)26-18(10-13)24(35)14(2)25(38-26)16-11-20-19(31-12-16)5-4-8-30-20/h4-12,15H,1-3H3,(H,33,34,36)/t15-/m1/s1. The number of halogens is 1. The van der Waals surface area contributed by atoms with Crippen LogP contribution in [0.15, 0.2) is 73.4 Å². The molecule has 6 aromatic rings. The highest BCUT2D eigenvalue weighted by Crippen LogP contribution is 2.35. The molecule has 5 heterocycles. The molecule has 39 heavy (non-hydrogen) atoms. The van der Waals surface area contributed by atoms with Crippen LogP contribution in [-0.4, -0.2) is 25.1 Å². The molecule has 5 aromatic heterocycles.